The summed E-state index contributed by atoms with van der Waals surface area (Å²) in [4.78, 5) is 20.1. The van der Waals surface area contributed by atoms with Gasteiger partial charge in [-0.2, -0.15) is 15.1 Å². The van der Waals surface area contributed by atoms with Crippen LogP contribution < -0.4 is 10.2 Å². The van der Waals surface area contributed by atoms with E-state index in [2.05, 4.69) is 30.4 Å². The Morgan fingerprint density at radius 3 is 2.45 bits per heavy atom. The Bertz CT molecular complexity index is 1210. The molecule has 4 aromatic rings. The van der Waals surface area contributed by atoms with E-state index in [0.717, 1.165) is 22.8 Å². The normalized spacial score (nSPS) is 11.3. The van der Waals surface area contributed by atoms with Crippen molar-refractivity contribution in [3.05, 3.63) is 47.7 Å². The lowest BCUT2D eigenvalue weighted by molar-refractivity contribution is 0.280. The number of anilines is 2. The number of hydrogen-bond donors (Lipinski definition) is 3. The summed E-state index contributed by atoms with van der Waals surface area (Å²) in [7, 11) is 0. The van der Waals surface area contributed by atoms with Crippen molar-refractivity contribution in [3.8, 4) is 5.82 Å². The van der Waals surface area contributed by atoms with E-state index in [1.807, 2.05) is 54.4 Å². The van der Waals surface area contributed by atoms with Crippen molar-refractivity contribution >= 4 is 22.9 Å². The molecule has 33 heavy (non-hydrogen) atoms. The zero-order valence-corrected chi connectivity index (χ0v) is 19.1. The van der Waals surface area contributed by atoms with Gasteiger partial charge in [-0.1, -0.05) is 6.07 Å². The number of aryl methyl sites for hydroxylation is 3. The number of rotatable bonds is 10. The molecule has 0 bridgehead atoms. The van der Waals surface area contributed by atoms with Gasteiger partial charge in [-0.3, -0.25) is 0 Å². The fourth-order valence-corrected chi connectivity index (χ4v) is 3.68. The van der Waals surface area contributed by atoms with Crippen LogP contribution in [0.4, 0.5) is 11.8 Å². The minimum absolute atomic E-state index is 0.0650. The molecule has 0 aliphatic rings. The number of aliphatic hydroxyl groups is 2. The molecule has 0 radical (unpaired) electrons. The Balaban J connectivity index is 1.60. The van der Waals surface area contributed by atoms with Gasteiger partial charge in [-0.25, -0.2) is 14.6 Å². The fraction of sp³-hybridized carbons (Fsp3) is 0.409. The summed E-state index contributed by atoms with van der Waals surface area (Å²) in [5.41, 5.74) is 4.32. The average molecular weight is 452 g/mol. The van der Waals surface area contributed by atoms with E-state index in [0.29, 0.717) is 49.1 Å². The van der Waals surface area contributed by atoms with Crippen LogP contribution in [0.25, 0.3) is 17.0 Å². The predicted molar refractivity (Wildman–Crippen MR) is 126 cm³/mol. The van der Waals surface area contributed by atoms with Crippen molar-refractivity contribution in [2.24, 2.45) is 0 Å². The summed E-state index contributed by atoms with van der Waals surface area (Å²) in [5.74, 6) is 1.79. The van der Waals surface area contributed by atoms with Gasteiger partial charge in [-0.15, -0.1) is 0 Å². The first kappa shape index (κ1) is 22.6. The van der Waals surface area contributed by atoms with Crippen LogP contribution in [-0.4, -0.2) is 70.8 Å². The van der Waals surface area contributed by atoms with E-state index in [1.165, 1.54) is 0 Å². The number of pyridine rings is 1. The Hall–Kier alpha value is -3.57. The zero-order valence-electron chi connectivity index (χ0n) is 19.1. The molecule has 11 nitrogen and oxygen atoms in total. The van der Waals surface area contributed by atoms with Gasteiger partial charge < -0.3 is 25.0 Å². The number of imidazole rings is 1. The minimum Gasteiger partial charge on any atom is -0.395 e. The molecule has 0 aromatic carbocycles. The highest BCUT2D eigenvalue weighted by Crippen LogP contribution is 2.23. The van der Waals surface area contributed by atoms with Gasteiger partial charge in [0.2, 0.25) is 5.95 Å². The van der Waals surface area contributed by atoms with Crippen LogP contribution >= 0.6 is 0 Å². The standard InChI is InChI=1S/C22H29N9O2/c1-4-29-14-25-19-20(26-22(27-21(19)29)30(7-9-32)8-10-33)24-13-17-5-6-18(23-12-17)31-16(3)11-15(2)28-31/h5-6,11-12,14,32-33H,4,7-10,13H2,1-3H3,(H,24,26,27). The van der Waals surface area contributed by atoms with Gasteiger partial charge >= 0.3 is 0 Å². The first-order valence-electron chi connectivity index (χ1n) is 11.0. The van der Waals surface area contributed by atoms with E-state index in [1.54, 1.807) is 11.2 Å². The molecule has 4 aromatic heterocycles. The molecule has 0 saturated heterocycles. The highest BCUT2D eigenvalue weighted by atomic mass is 16.3. The van der Waals surface area contributed by atoms with Crippen molar-refractivity contribution in [1.82, 2.24) is 34.3 Å². The minimum atomic E-state index is -0.0650. The lowest BCUT2D eigenvalue weighted by atomic mass is 10.2. The molecule has 0 amide bonds. The van der Waals surface area contributed by atoms with Crippen LogP contribution in [0.1, 0.15) is 23.9 Å². The van der Waals surface area contributed by atoms with Gasteiger partial charge in [-0.05, 0) is 38.5 Å². The van der Waals surface area contributed by atoms with Crippen LogP contribution in [0.15, 0.2) is 30.7 Å². The summed E-state index contributed by atoms with van der Waals surface area (Å²) in [6.07, 6.45) is 3.55. The first-order valence-corrected chi connectivity index (χ1v) is 11.0. The van der Waals surface area contributed by atoms with Gasteiger partial charge in [0.1, 0.15) is 0 Å². The average Bonchev–Trinajstić information content (AvgIpc) is 3.39. The van der Waals surface area contributed by atoms with E-state index in [-0.39, 0.29) is 13.2 Å². The van der Waals surface area contributed by atoms with Crippen molar-refractivity contribution in [1.29, 1.82) is 0 Å². The van der Waals surface area contributed by atoms with Crippen molar-refractivity contribution in [2.45, 2.75) is 33.9 Å². The number of nitrogens with zero attached hydrogens (tertiary/aromatic N) is 8. The van der Waals surface area contributed by atoms with Crippen LogP contribution in [0, 0.1) is 13.8 Å². The van der Waals surface area contributed by atoms with E-state index < -0.39 is 0 Å². The summed E-state index contributed by atoms with van der Waals surface area (Å²) in [6, 6.07) is 5.95. The molecule has 0 atom stereocenters. The Morgan fingerprint density at radius 1 is 1.06 bits per heavy atom. The van der Waals surface area contributed by atoms with Gasteiger partial charge in [0.15, 0.2) is 22.8 Å². The third kappa shape index (κ3) is 4.78. The maximum Gasteiger partial charge on any atom is 0.229 e. The smallest absolute Gasteiger partial charge is 0.229 e. The summed E-state index contributed by atoms with van der Waals surface area (Å²) >= 11 is 0. The quantitative estimate of drug-likeness (QED) is 0.328. The van der Waals surface area contributed by atoms with Crippen LogP contribution in [0.2, 0.25) is 0 Å². The molecular weight excluding hydrogens is 422 g/mol. The lowest BCUT2D eigenvalue weighted by Crippen LogP contribution is -2.31. The molecule has 0 saturated carbocycles. The third-order valence-corrected chi connectivity index (χ3v) is 5.31. The molecule has 0 spiro atoms. The van der Waals surface area contributed by atoms with E-state index in [4.69, 9.17) is 0 Å². The number of aliphatic hydroxyl groups excluding tert-OH is 2. The molecule has 4 rings (SSSR count). The van der Waals surface area contributed by atoms with Gasteiger partial charge in [0.25, 0.3) is 0 Å². The second-order valence-corrected chi connectivity index (χ2v) is 7.73. The highest BCUT2D eigenvalue weighted by molar-refractivity contribution is 5.84. The third-order valence-electron chi connectivity index (χ3n) is 5.31. The summed E-state index contributed by atoms with van der Waals surface area (Å²) in [5, 5.41) is 26.7. The molecule has 0 unspecified atom stereocenters. The topological polar surface area (TPSA) is 130 Å². The Morgan fingerprint density at radius 2 is 1.85 bits per heavy atom. The Labute approximate surface area is 191 Å². The first-order chi connectivity index (χ1) is 16.0. The molecule has 3 N–H and O–H groups in total. The number of hydrogen-bond acceptors (Lipinski definition) is 9. The van der Waals surface area contributed by atoms with Crippen LogP contribution in [-0.2, 0) is 13.1 Å². The Kier molecular flexibility index (Phi) is 6.80. The predicted octanol–water partition coefficient (Wildman–Crippen LogP) is 1.45. The fourth-order valence-electron chi connectivity index (χ4n) is 3.68. The summed E-state index contributed by atoms with van der Waals surface area (Å²) in [6.45, 7) is 7.70. The molecule has 0 aliphatic heterocycles. The van der Waals surface area contributed by atoms with E-state index >= 15 is 0 Å². The molecular formula is C22H29N9O2. The largest absolute Gasteiger partial charge is 0.395 e. The maximum atomic E-state index is 9.42. The van der Waals surface area contributed by atoms with Crippen molar-refractivity contribution < 1.29 is 10.2 Å². The zero-order chi connectivity index (χ0) is 23.4. The molecule has 4 heterocycles. The van der Waals surface area contributed by atoms with Crippen LogP contribution in [0.5, 0.6) is 0 Å². The second kappa shape index (κ2) is 9.92. The SMILES string of the molecule is CCn1cnc2c(NCc3ccc(-n4nc(C)cc4C)nc3)nc(N(CCO)CCO)nc21. The number of aromatic nitrogens is 7. The van der Waals surface area contributed by atoms with E-state index in [9.17, 15) is 10.2 Å². The molecule has 0 aliphatic carbocycles. The van der Waals surface area contributed by atoms with Crippen molar-refractivity contribution in [2.75, 3.05) is 36.5 Å². The van der Waals surface area contributed by atoms with Gasteiger partial charge in [0, 0.05) is 38.1 Å². The lowest BCUT2D eigenvalue weighted by Gasteiger charge is -2.21. The van der Waals surface area contributed by atoms with Crippen molar-refractivity contribution in [3.63, 3.8) is 0 Å². The molecule has 11 heteroatoms. The summed E-state index contributed by atoms with van der Waals surface area (Å²) < 4.78 is 3.76. The molecule has 174 valence electrons. The maximum absolute atomic E-state index is 9.42. The second-order valence-electron chi connectivity index (χ2n) is 7.73. The number of fused-ring (bicyclic) bond motifs is 1. The number of nitrogens with one attached hydrogen (secondary N) is 1. The van der Waals surface area contributed by atoms with Gasteiger partial charge in [0.05, 0.1) is 25.2 Å². The van der Waals surface area contributed by atoms with Crippen LogP contribution in [0.3, 0.4) is 0 Å². The highest BCUT2D eigenvalue weighted by Gasteiger charge is 2.17. The molecule has 0 fully saturated rings. The monoisotopic (exact) mass is 451 g/mol.